The van der Waals surface area contributed by atoms with Gasteiger partial charge in [-0.15, -0.1) is 0 Å². The second-order valence-corrected chi connectivity index (χ2v) is 9.03. The smallest absolute Gasteiger partial charge is 0.338 e. The molecule has 0 saturated carbocycles. The average molecular weight is 615 g/mol. The lowest BCUT2D eigenvalue weighted by atomic mass is 10.1. The summed E-state index contributed by atoms with van der Waals surface area (Å²) in [5.74, 6) is -3.05. The van der Waals surface area contributed by atoms with E-state index in [-0.39, 0.29) is 56.5 Å². The number of carbonyl (C=O) groups excluding carboxylic acids is 4. The van der Waals surface area contributed by atoms with E-state index in [1.165, 1.54) is 72.8 Å². The number of rotatable bonds is 10. The quantitative estimate of drug-likeness (QED) is 0.132. The van der Waals surface area contributed by atoms with Crippen molar-refractivity contribution in [1.29, 1.82) is 0 Å². The molecule has 45 heavy (non-hydrogen) atoms. The number of anilines is 2. The van der Waals surface area contributed by atoms with Crippen molar-refractivity contribution in [3.8, 4) is 11.5 Å². The Morgan fingerprint density at radius 1 is 0.644 bits per heavy atom. The molecule has 0 bridgehead atoms. The molecule has 4 rings (SSSR count). The van der Waals surface area contributed by atoms with Gasteiger partial charge < -0.3 is 24.8 Å². The number of esters is 2. The highest BCUT2D eigenvalue weighted by Gasteiger charge is 2.21. The van der Waals surface area contributed by atoms with E-state index in [9.17, 15) is 39.4 Å². The van der Waals surface area contributed by atoms with Crippen molar-refractivity contribution >= 4 is 46.5 Å². The first-order chi connectivity index (χ1) is 21.5. The van der Waals surface area contributed by atoms with Gasteiger partial charge in [-0.1, -0.05) is 12.1 Å². The molecule has 0 saturated heterocycles. The van der Waals surface area contributed by atoms with Crippen LogP contribution >= 0.6 is 0 Å². The van der Waals surface area contributed by atoms with Gasteiger partial charge in [-0.2, -0.15) is 0 Å². The second kappa shape index (κ2) is 13.6. The van der Waals surface area contributed by atoms with Crippen molar-refractivity contribution in [3.63, 3.8) is 0 Å². The molecular formula is C30H22N4O11. The number of nitro benzene ring substituents is 2. The summed E-state index contributed by atoms with van der Waals surface area (Å²) in [5, 5.41) is 27.5. The molecule has 0 aliphatic carbocycles. The summed E-state index contributed by atoms with van der Waals surface area (Å²) in [6.45, 7) is 0. The molecule has 0 atom stereocenters. The molecule has 4 aromatic rings. The summed E-state index contributed by atoms with van der Waals surface area (Å²) in [7, 11) is 2.27. The number of nitrogens with one attached hydrogen (secondary N) is 2. The Labute approximate surface area is 253 Å². The zero-order valence-electron chi connectivity index (χ0n) is 23.5. The van der Waals surface area contributed by atoms with E-state index >= 15 is 0 Å². The Kier molecular flexibility index (Phi) is 9.43. The zero-order chi connectivity index (χ0) is 32.7. The Morgan fingerprint density at radius 3 is 1.76 bits per heavy atom. The molecule has 0 radical (unpaired) electrons. The minimum atomic E-state index is -0.848. The predicted octanol–water partition coefficient (Wildman–Crippen LogP) is 5.37. The maximum absolute atomic E-state index is 13.1. The molecule has 0 aromatic heterocycles. The first kappa shape index (κ1) is 31.3. The number of nitro groups is 2. The van der Waals surface area contributed by atoms with Crippen LogP contribution in [0.25, 0.3) is 0 Å². The lowest BCUT2D eigenvalue weighted by Gasteiger charge is -2.16. The fourth-order valence-corrected chi connectivity index (χ4v) is 3.99. The van der Waals surface area contributed by atoms with Crippen LogP contribution in [-0.2, 0) is 9.47 Å². The van der Waals surface area contributed by atoms with Crippen LogP contribution < -0.4 is 15.4 Å². The minimum absolute atomic E-state index is 0.00348. The minimum Gasteiger partial charge on any atom is -0.465 e. The van der Waals surface area contributed by atoms with Crippen molar-refractivity contribution in [3.05, 3.63) is 127 Å². The number of carbonyl (C=O) groups is 4. The number of ether oxygens (including phenoxy) is 3. The topological polar surface area (TPSA) is 206 Å². The molecule has 15 nitrogen and oxygen atoms in total. The van der Waals surface area contributed by atoms with Gasteiger partial charge in [0.2, 0.25) is 0 Å². The first-order valence-electron chi connectivity index (χ1n) is 12.7. The van der Waals surface area contributed by atoms with Gasteiger partial charge in [0, 0.05) is 41.1 Å². The monoisotopic (exact) mass is 614 g/mol. The van der Waals surface area contributed by atoms with Crippen LogP contribution in [0.5, 0.6) is 11.5 Å². The van der Waals surface area contributed by atoms with E-state index in [0.29, 0.717) is 0 Å². The maximum atomic E-state index is 13.1. The number of hydrogen-bond donors (Lipinski definition) is 2. The third kappa shape index (κ3) is 7.42. The molecule has 0 heterocycles. The van der Waals surface area contributed by atoms with Gasteiger partial charge in [0.15, 0.2) is 5.75 Å². The number of benzene rings is 4. The SMILES string of the molecule is COC(=O)c1ccc(Oc2ccc(NC(=O)c3cccc([N+](=O)[O-])c3)cc2NC(=O)c2cccc([N+](=O)[O-])c2)cc1C(=O)OC. The Balaban J connectivity index is 1.71. The number of amides is 2. The fraction of sp³-hybridized carbons (Fsp3) is 0.0667. The maximum Gasteiger partial charge on any atom is 0.338 e. The van der Waals surface area contributed by atoms with E-state index in [2.05, 4.69) is 10.6 Å². The van der Waals surface area contributed by atoms with E-state index in [1.807, 2.05) is 0 Å². The van der Waals surface area contributed by atoms with Gasteiger partial charge in [-0.25, -0.2) is 9.59 Å². The van der Waals surface area contributed by atoms with Crippen LogP contribution in [-0.4, -0.2) is 47.8 Å². The van der Waals surface area contributed by atoms with Crippen molar-refractivity contribution < 1.29 is 43.2 Å². The van der Waals surface area contributed by atoms with E-state index in [1.54, 1.807) is 0 Å². The van der Waals surface area contributed by atoms with Crippen molar-refractivity contribution in [1.82, 2.24) is 0 Å². The lowest BCUT2D eigenvalue weighted by molar-refractivity contribution is -0.385. The summed E-state index contributed by atoms with van der Waals surface area (Å²) in [5.41, 5.74) is -0.798. The fourth-order valence-electron chi connectivity index (χ4n) is 3.99. The Morgan fingerprint density at radius 2 is 1.20 bits per heavy atom. The molecule has 15 heteroatoms. The second-order valence-electron chi connectivity index (χ2n) is 9.03. The standard InChI is InChI=1S/C30H22N4O11/c1-43-29(37)23-11-10-22(16-24(23)30(38)44-2)45-26-12-9-19(31-27(35)17-5-3-7-20(13-17)33(39)40)15-25(26)32-28(36)18-6-4-8-21(14-18)34(41)42/h3-16H,1-2H3,(H,31,35)(H,32,36). The van der Waals surface area contributed by atoms with Crippen LogP contribution in [0.2, 0.25) is 0 Å². The van der Waals surface area contributed by atoms with E-state index in [4.69, 9.17) is 14.2 Å². The molecule has 0 aliphatic heterocycles. The summed E-state index contributed by atoms with van der Waals surface area (Å²) in [6, 6.07) is 18.0. The summed E-state index contributed by atoms with van der Waals surface area (Å²) in [6.07, 6.45) is 0. The molecule has 2 N–H and O–H groups in total. The Hall–Kier alpha value is -6.64. The third-order valence-corrected chi connectivity index (χ3v) is 6.15. The molecule has 0 fully saturated rings. The largest absolute Gasteiger partial charge is 0.465 e. The van der Waals surface area contributed by atoms with Crippen LogP contribution in [0.3, 0.4) is 0 Å². The lowest BCUT2D eigenvalue weighted by Crippen LogP contribution is -2.15. The predicted molar refractivity (Wildman–Crippen MR) is 158 cm³/mol. The van der Waals surface area contributed by atoms with Gasteiger partial charge in [0.25, 0.3) is 23.2 Å². The van der Waals surface area contributed by atoms with Crippen LogP contribution in [0.1, 0.15) is 41.4 Å². The van der Waals surface area contributed by atoms with Crippen molar-refractivity contribution in [2.75, 3.05) is 24.9 Å². The van der Waals surface area contributed by atoms with Crippen LogP contribution in [0.4, 0.5) is 22.7 Å². The summed E-state index contributed by atoms with van der Waals surface area (Å²) < 4.78 is 15.4. The number of nitrogens with zero attached hydrogens (tertiary/aromatic N) is 2. The van der Waals surface area contributed by atoms with Gasteiger partial charge in [-0.3, -0.25) is 29.8 Å². The van der Waals surface area contributed by atoms with Gasteiger partial charge in [-0.05, 0) is 48.5 Å². The molecule has 228 valence electrons. The highest BCUT2D eigenvalue weighted by molar-refractivity contribution is 6.07. The number of non-ortho nitro benzene ring substituents is 2. The van der Waals surface area contributed by atoms with Crippen molar-refractivity contribution in [2.24, 2.45) is 0 Å². The highest BCUT2D eigenvalue weighted by Crippen LogP contribution is 2.34. The normalized spacial score (nSPS) is 10.3. The molecule has 0 spiro atoms. The molecular weight excluding hydrogens is 592 g/mol. The molecule has 4 aromatic carbocycles. The van der Waals surface area contributed by atoms with Crippen molar-refractivity contribution in [2.45, 2.75) is 0 Å². The molecule has 0 unspecified atom stereocenters. The molecule has 2 amide bonds. The number of hydrogen-bond acceptors (Lipinski definition) is 11. The van der Waals surface area contributed by atoms with Crippen LogP contribution in [0, 0.1) is 20.2 Å². The van der Waals surface area contributed by atoms with Gasteiger partial charge >= 0.3 is 11.9 Å². The van der Waals surface area contributed by atoms with E-state index in [0.717, 1.165) is 26.4 Å². The van der Waals surface area contributed by atoms with Gasteiger partial charge in [0.1, 0.15) is 5.75 Å². The third-order valence-electron chi connectivity index (χ3n) is 6.15. The first-order valence-corrected chi connectivity index (χ1v) is 12.7. The van der Waals surface area contributed by atoms with Gasteiger partial charge in [0.05, 0.1) is 40.9 Å². The Bertz CT molecular complexity index is 1860. The summed E-state index contributed by atoms with van der Waals surface area (Å²) >= 11 is 0. The number of methoxy groups -OCH3 is 2. The zero-order valence-corrected chi connectivity index (χ0v) is 23.5. The highest BCUT2D eigenvalue weighted by atomic mass is 16.6. The molecule has 0 aliphatic rings. The average Bonchev–Trinajstić information content (AvgIpc) is 3.05. The van der Waals surface area contributed by atoms with E-state index < -0.39 is 33.6 Å². The van der Waals surface area contributed by atoms with Crippen LogP contribution in [0.15, 0.2) is 84.9 Å². The summed E-state index contributed by atoms with van der Waals surface area (Å²) in [4.78, 5) is 71.5.